The van der Waals surface area contributed by atoms with Crippen LogP contribution in [0.5, 0.6) is 0 Å². The van der Waals surface area contributed by atoms with Crippen LogP contribution in [0, 0.1) is 11.3 Å². The second-order valence-corrected chi connectivity index (χ2v) is 6.99. The van der Waals surface area contributed by atoms with E-state index in [-0.39, 0.29) is 6.10 Å². The van der Waals surface area contributed by atoms with Crippen LogP contribution in [0.2, 0.25) is 0 Å². The first-order valence-electron chi connectivity index (χ1n) is 7.14. The highest BCUT2D eigenvalue weighted by Gasteiger charge is 2.29. The third kappa shape index (κ3) is 2.95. The van der Waals surface area contributed by atoms with Gasteiger partial charge in [-0.3, -0.25) is 0 Å². The zero-order valence-corrected chi connectivity index (χ0v) is 12.1. The van der Waals surface area contributed by atoms with Gasteiger partial charge in [0.25, 0.3) is 0 Å². The van der Waals surface area contributed by atoms with E-state index >= 15 is 0 Å². The highest BCUT2D eigenvalue weighted by atomic mass is 16.3. The predicted molar refractivity (Wildman–Crippen MR) is 76.7 cm³/mol. The van der Waals surface area contributed by atoms with Gasteiger partial charge in [-0.25, -0.2) is 0 Å². The summed E-state index contributed by atoms with van der Waals surface area (Å²) >= 11 is 0. The highest BCUT2D eigenvalue weighted by Crippen LogP contribution is 2.39. The zero-order valence-electron chi connectivity index (χ0n) is 12.1. The topological polar surface area (TPSA) is 20.2 Å². The van der Waals surface area contributed by atoms with E-state index in [0.29, 0.717) is 17.3 Å². The average molecular weight is 246 g/mol. The summed E-state index contributed by atoms with van der Waals surface area (Å²) in [5.41, 5.74) is 3.22. The standard InChI is InChI=1S/C17H26O/c1-12(17(2,3)4)9-15(18)11-14-10-13-7-5-6-8-16(13)14/h5-8,12,14-15,18H,9-11H2,1-4H3. The van der Waals surface area contributed by atoms with Crippen molar-refractivity contribution in [3.8, 4) is 0 Å². The summed E-state index contributed by atoms with van der Waals surface area (Å²) in [7, 11) is 0. The number of aliphatic hydroxyl groups excluding tert-OH is 1. The lowest BCUT2D eigenvalue weighted by atomic mass is 9.72. The van der Waals surface area contributed by atoms with Crippen molar-refractivity contribution in [2.45, 2.75) is 59.0 Å². The van der Waals surface area contributed by atoms with Crippen LogP contribution >= 0.6 is 0 Å². The van der Waals surface area contributed by atoms with E-state index in [1.165, 1.54) is 11.1 Å². The predicted octanol–water partition coefficient (Wildman–Crippen LogP) is 4.15. The molecule has 1 aliphatic rings. The molecule has 1 aliphatic carbocycles. The second kappa shape index (κ2) is 5.05. The van der Waals surface area contributed by atoms with Crippen molar-refractivity contribution in [2.24, 2.45) is 11.3 Å². The van der Waals surface area contributed by atoms with E-state index in [0.717, 1.165) is 19.3 Å². The fraction of sp³-hybridized carbons (Fsp3) is 0.647. The highest BCUT2D eigenvalue weighted by molar-refractivity contribution is 5.39. The molecule has 1 N–H and O–H groups in total. The quantitative estimate of drug-likeness (QED) is 0.846. The minimum atomic E-state index is -0.155. The average Bonchev–Trinajstić information content (AvgIpc) is 2.24. The Labute approximate surface area is 111 Å². The summed E-state index contributed by atoms with van der Waals surface area (Å²) < 4.78 is 0. The first-order valence-corrected chi connectivity index (χ1v) is 7.14. The Balaban J connectivity index is 1.85. The van der Waals surface area contributed by atoms with Crippen molar-refractivity contribution in [1.29, 1.82) is 0 Å². The summed E-state index contributed by atoms with van der Waals surface area (Å²) in [5, 5.41) is 10.2. The van der Waals surface area contributed by atoms with Crippen molar-refractivity contribution < 1.29 is 5.11 Å². The van der Waals surface area contributed by atoms with Gasteiger partial charge in [-0.1, -0.05) is 52.0 Å². The third-order valence-electron chi connectivity index (χ3n) is 4.62. The molecule has 1 aromatic carbocycles. The van der Waals surface area contributed by atoms with E-state index < -0.39 is 0 Å². The van der Waals surface area contributed by atoms with Crippen LogP contribution in [0.25, 0.3) is 0 Å². The molecule has 0 saturated heterocycles. The summed E-state index contributed by atoms with van der Waals surface area (Å²) in [6, 6.07) is 8.63. The van der Waals surface area contributed by atoms with Gasteiger partial charge in [0.1, 0.15) is 0 Å². The zero-order chi connectivity index (χ0) is 13.3. The molecular weight excluding hydrogens is 220 g/mol. The van der Waals surface area contributed by atoms with E-state index in [1.54, 1.807) is 0 Å². The largest absolute Gasteiger partial charge is 0.393 e. The maximum atomic E-state index is 10.2. The number of aliphatic hydroxyl groups is 1. The molecule has 0 saturated carbocycles. The summed E-state index contributed by atoms with van der Waals surface area (Å²) in [6.45, 7) is 9.01. The maximum absolute atomic E-state index is 10.2. The van der Waals surface area contributed by atoms with Gasteiger partial charge in [-0.05, 0) is 47.6 Å². The van der Waals surface area contributed by atoms with Gasteiger partial charge in [0.2, 0.25) is 0 Å². The van der Waals surface area contributed by atoms with Crippen LogP contribution in [0.3, 0.4) is 0 Å². The van der Waals surface area contributed by atoms with Gasteiger partial charge in [0.05, 0.1) is 6.10 Å². The van der Waals surface area contributed by atoms with Gasteiger partial charge in [0, 0.05) is 0 Å². The lowest BCUT2D eigenvalue weighted by molar-refractivity contribution is 0.0948. The molecule has 0 heterocycles. The summed E-state index contributed by atoms with van der Waals surface area (Å²) in [5.74, 6) is 1.14. The molecular formula is C17H26O. The van der Waals surface area contributed by atoms with Crippen molar-refractivity contribution in [1.82, 2.24) is 0 Å². The lowest BCUT2D eigenvalue weighted by Gasteiger charge is -2.34. The molecule has 0 aromatic heterocycles. The molecule has 0 bridgehead atoms. The first-order chi connectivity index (χ1) is 8.38. The SMILES string of the molecule is CC(CC(O)CC1Cc2ccccc21)C(C)(C)C. The Bertz CT molecular complexity index is 402. The molecule has 0 fully saturated rings. The lowest BCUT2D eigenvalue weighted by Crippen LogP contribution is -2.27. The Morgan fingerprint density at radius 2 is 1.94 bits per heavy atom. The van der Waals surface area contributed by atoms with Crippen LogP contribution in [0.15, 0.2) is 24.3 Å². The Hall–Kier alpha value is -0.820. The normalized spacial score (nSPS) is 21.9. The monoisotopic (exact) mass is 246 g/mol. The second-order valence-electron chi connectivity index (χ2n) is 6.99. The molecule has 100 valence electrons. The molecule has 18 heavy (non-hydrogen) atoms. The summed E-state index contributed by atoms with van der Waals surface area (Å²) in [6.07, 6.45) is 2.84. The Morgan fingerprint density at radius 1 is 1.28 bits per heavy atom. The molecule has 3 unspecified atom stereocenters. The molecule has 2 rings (SSSR count). The molecule has 0 radical (unpaired) electrons. The number of fused-ring (bicyclic) bond motifs is 1. The van der Waals surface area contributed by atoms with Crippen molar-refractivity contribution in [2.75, 3.05) is 0 Å². The minimum absolute atomic E-state index is 0.155. The van der Waals surface area contributed by atoms with Crippen molar-refractivity contribution in [3.05, 3.63) is 35.4 Å². The van der Waals surface area contributed by atoms with Crippen LogP contribution in [-0.2, 0) is 6.42 Å². The van der Waals surface area contributed by atoms with Crippen LogP contribution in [0.4, 0.5) is 0 Å². The van der Waals surface area contributed by atoms with Gasteiger partial charge in [-0.2, -0.15) is 0 Å². The Morgan fingerprint density at radius 3 is 2.56 bits per heavy atom. The molecule has 1 heteroatoms. The molecule has 0 aliphatic heterocycles. The fourth-order valence-electron chi connectivity index (χ4n) is 2.76. The summed E-state index contributed by atoms with van der Waals surface area (Å²) in [4.78, 5) is 0. The molecule has 1 nitrogen and oxygen atoms in total. The fourth-order valence-corrected chi connectivity index (χ4v) is 2.76. The van der Waals surface area contributed by atoms with Crippen LogP contribution in [-0.4, -0.2) is 11.2 Å². The van der Waals surface area contributed by atoms with Crippen molar-refractivity contribution in [3.63, 3.8) is 0 Å². The van der Waals surface area contributed by atoms with Gasteiger partial charge in [-0.15, -0.1) is 0 Å². The van der Waals surface area contributed by atoms with Gasteiger partial charge < -0.3 is 5.11 Å². The smallest absolute Gasteiger partial charge is 0.0549 e. The van der Waals surface area contributed by atoms with E-state index in [9.17, 15) is 5.11 Å². The number of hydrogen-bond donors (Lipinski definition) is 1. The minimum Gasteiger partial charge on any atom is -0.393 e. The number of rotatable bonds is 4. The van der Waals surface area contributed by atoms with Gasteiger partial charge >= 0.3 is 0 Å². The van der Waals surface area contributed by atoms with Crippen LogP contribution in [0.1, 0.15) is 57.6 Å². The first kappa shape index (κ1) is 13.6. The number of hydrogen-bond acceptors (Lipinski definition) is 1. The van der Waals surface area contributed by atoms with E-state index in [2.05, 4.69) is 52.0 Å². The molecule has 1 aromatic rings. The maximum Gasteiger partial charge on any atom is 0.0549 e. The van der Waals surface area contributed by atoms with Crippen molar-refractivity contribution >= 4 is 0 Å². The van der Waals surface area contributed by atoms with E-state index in [1.807, 2.05) is 0 Å². The third-order valence-corrected chi connectivity index (χ3v) is 4.62. The van der Waals surface area contributed by atoms with E-state index in [4.69, 9.17) is 0 Å². The Kier molecular flexibility index (Phi) is 3.82. The van der Waals surface area contributed by atoms with Crippen LogP contribution < -0.4 is 0 Å². The van der Waals surface area contributed by atoms with Gasteiger partial charge in [0.15, 0.2) is 0 Å². The molecule has 0 amide bonds. The number of benzene rings is 1. The molecule has 3 atom stereocenters. The molecule has 0 spiro atoms.